The molecule has 0 bridgehead atoms. The van der Waals surface area contributed by atoms with Gasteiger partial charge in [-0.25, -0.2) is 9.50 Å². The van der Waals surface area contributed by atoms with Crippen LogP contribution in [0.15, 0.2) is 42.6 Å². The van der Waals surface area contributed by atoms with Crippen LogP contribution < -0.4 is 10.1 Å². The number of fused-ring (bicyclic) bond motifs is 1. The Labute approximate surface area is 212 Å². The molecule has 0 saturated carbocycles. The van der Waals surface area contributed by atoms with Gasteiger partial charge in [-0.05, 0) is 43.0 Å². The van der Waals surface area contributed by atoms with Gasteiger partial charge in [-0.2, -0.15) is 0 Å². The zero-order valence-electron chi connectivity index (χ0n) is 20.4. The number of morpholine rings is 1. The Balaban J connectivity index is 1.17. The molecular weight excluding hydrogens is 489 g/mol. The maximum absolute atomic E-state index is 12.6. The highest BCUT2D eigenvalue weighted by molar-refractivity contribution is 5.65. The third-order valence-electron chi connectivity index (χ3n) is 6.89. The molecule has 2 aromatic heterocycles. The zero-order valence-corrected chi connectivity index (χ0v) is 20.4. The van der Waals surface area contributed by atoms with Gasteiger partial charge in [-0.3, -0.25) is 9.80 Å². The van der Waals surface area contributed by atoms with Gasteiger partial charge in [0.15, 0.2) is 5.65 Å². The number of piperidine rings is 1. The highest BCUT2D eigenvalue weighted by Crippen LogP contribution is 2.28. The standard InChI is InChI=1S/C25H31F3N6O3/c26-25(27,28)37-20-3-1-2-19(14-20)21-16-30-23-5-4-22(31-34(21)23)29-15-18-6-8-33(9-7-18)24(35)17-32-10-12-36-13-11-32/h1-5,14,16,18,24,35H,6-13,15,17H2,(H,29,31). The molecule has 0 spiro atoms. The van der Waals surface area contributed by atoms with E-state index in [2.05, 4.69) is 29.9 Å². The molecule has 0 radical (unpaired) electrons. The van der Waals surface area contributed by atoms with Crippen LogP contribution in [0, 0.1) is 5.92 Å². The van der Waals surface area contributed by atoms with Crippen LogP contribution in [0.3, 0.4) is 0 Å². The molecule has 1 atom stereocenters. The first-order valence-electron chi connectivity index (χ1n) is 12.5. The molecule has 0 aliphatic carbocycles. The van der Waals surface area contributed by atoms with E-state index in [1.165, 1.54) is 18.2 Å². The number of aromatic nitrogens is 3. The van der Waals surface area contributed by atoms with Crippen molar-refractivity contribution in [3.8, 4) is 17.0 Å². The molecule has 2 N–H and O–H groups in total. The number of ether oxygens (including phenoxy) is 2. The Morgan fingerprint density at radius 2 is 1.89 bits per heavy atom. The lowest BCUT2D eigenvalue weighted by atomic mass is 9.96. The van der Waals surface area contributed by atoms with E-state index in [1.54, 1.807) is 16.8 Å². The van der Waals surface area contributed by atoms with E-state index in [1.807, 2.05) is 12.1 Å². The van der Waals surface area contributed by atoms with Crippen molar-refractivity contribution < 1.29 is 27.8 Å². The number of hydrogen-bond donors (Lipinski definition) is 2. The van der Waals surface area contributed by atoms with Crippen LogP contribution in [0.25, 0.3) is 16.9 Å². The number of imidazole rings is 1. The van der Waals surface area contributed by atoms with Crippen molar-refractivity contribution >= 4 is 11.5 Å². The number of hydrogen-bond acceptors (Lipinski definition) is 8. The molecule has 2 aliphatic rings. The SMILES string of the molecule is OC(CN1CCOCC1)N1CCC(CNc2ccc3ncc(-c4cccc(OC(F)(F)F)c4)n3n2)CC1. The van der Waals surface area contributed by atoms with Crippen molar-refractivity contribution in [1.82, 2.24) is 24.4 Å². The Bertz CT molecular complexity index is 1180. The van der Waals surface area contributed by atoms with Gasteiger partial charge in [0.25, 0.3) is 0 Å². The summed E-state index contributed by atoms with van der Waals surface area (Å²) in [5.41, 5.74) is 1.67. The number of nitrogens with one attached hydrogen (secondary N) is 1. The number of anilines is 1. The van der Waals surface area contributed by atoms with Crippen LogP contribution >= 0.6 is 0 Å². The average Bonchev–Trinajstić information content (AvgIpc) is 3.31. The number of aliphatic hydroxyl groups is 1. The minimum Gasteiger partial charge on any atom is -0.406 e. The molecule has 200 valence electrons. The predicted octanol–water partition coefficient (Wildman–Crippen LogP) is 3.07. The minimum atomic E-state index is -4.76. The summed E-state index contributed by atoms with van der Waals surface area (Å²) in [4.78, 5) is 8.71. The summed E-state index contributed by atoms with van der Waals surface area (Å²) in [5, 5.41) is 18.7. The van der Waals surface area contributed by atoms with Gasteiger partial charge in [0.05, 0.1) is 25.1 Å². The van der Waals surface area contributed by atoms with Crippen LogP contribution in [-0.4, -0.2) is 94.6 Å². The van der Waals surface area contributed by atoms with E-state index < -0.39 is 12.6 Å². The molecule has 2 aliphatic heterocycles. The van der Waals surface area contributed by atoms with E-state index in [0.717, 1.165) is 58.8 Å². The van der Waals surface area contributed by atoms with Crippen molar-refractivity contribution in [2.45, 2.75) is 25.4 Å². The van der Waals surface area contributed by atoms with Gasteiger partial charge in [0.1, 0.15) is 17.8 Å². The number of rotatable bonds is 8. The van der Waals surface area contributed by atoms with Gasteiger partial charge in [-0.15, -0.1) is 18.3 Å². The third-order valence-corrected chi connectivity index (χ3v) is 6.89. The van der Waals surface area contributed by atoms with Gasteiger partial charge < -0.3 is 19.9 Å². The molecule has 1 aromatic carbocycles. The predicted molar refractivity (Wildman–Crippen MR) is 131 cm³/mol. The number of benzene rings is 1. The summed E-state index contributed by atoms with van der Waals surface area (Å²) in [6.07, 6.45) is -1.70. The zero-order chi connectivity index (χ0) is 25.8. The molecule has 2 fully saturated rings. The molecule has 37 heavy (non-hydrogen) atoms. The van der Waals surface area contributed by atoms with Crippen LogP contribution in [-0.2, 0) is 4.74 Å². The Morgan fingerprint density at radius 1 is 1.11 bits per heavy atom. The van der Waals surface area contributed by atoms with Crippen molar-refractivity contribution in [3.05, 3.63) is 42.6 Å². The molecule has 5 rings (SSSR count). The van der Waals surface area contributed by atoms with E-state index in [9.17, 15) is 18.3 Å². The number of likely N-dealkylation sites (tertiary alicyclic amines) is 1. The normalized spacial score (nSPS) is 19.2. The number of nitrogens with zero attached hydrogens (tertiary/aromatic N) is 5. The number of aliphatic hydroxyl groups excluding tert-OH is 1. The number of halogens is 3. The fourth-order valence-corrected chi connectivity index (χ4v) is 4.85. The quantitative estimate of drug-likeness (QED) is 0.469. The Morgan fingerprint density at radius 3 is 2.65 bits per heavy atom. The maximum Gasteiger partial charge on any atom is 0.573 e. The minimum absolute atomic E-state index is 0.296. The first-order chi connectivity index (χ1) is 17.8. The van der Waals surface area contributed by atoms with Crippen molar-refractivity contribution in [1.29, 1.82) is 0 Å². The number of β-amino-alcohol motifs (C(OH)–C–C–N with tert-alkyl or cyclic N) is 1. The van der Waals surface area contributed by atoms with Gasteiger partial charge in [-0.1, -0.05) is 12.1 Å². The van der Waals surface area contributed by atoms with Crippen molar-refractivity contribution in [2.75, 3.05) is 57.8 Å². The average molecular weight is 521 g/mol. The first kappa shape index (κ1) is 25.7. The summed E-state index contributed by atoms with van der Waals surface area (Å²) in [7, 11) is 0. The molecule has 0 amide bonds. The second kappa shape index (κ2) is 11.2. The van der Waals surface area contributed by atoms with E-state index in [-0.39, 0.29) is 5.75 Å². The van der Waals surface area contributed by atoms with Crippen molar-refractivity contribution in [3.63, 3.8) is 0 Å². The van der Waals surface area contributed by atoms with Crippen LogP contribution in [0.4, 0.5) is 19.0 Å². The largest absolute Gasteiger partial charge is 0.573 e. The third kappa shape index (κ3) is 6.69. The lowest BCUT2D eigenvalue weighted by molar-refractivity contribution is -0.274. The fraction of sp³-hybridized carbons (Fsp3) is 0.520. The smallest absolute Gasteiger partial charge is 0.406 e. The molecular formula is C25H31F3N6O3. The van der Waals surface area contributed by atoms with E-state index in [0.29, 0.717) is 35.2 Å². The summed E-state index contributed by atoms with van der Waals surface area (Å²) < 4.78 is 48.9. The molecule has 12 heteroatoms. The van der Waals surface area contributed by atoms with Crippen LogP contribution in [0.5, 0.6) is 5.75 Å². The second-order valence-electron chi connectivity index (χ2n) is 9.46. The molecule has 3 aromatic rings. The maximum atomic E-state index is 12.6. The van der Waals surface area contributed by atoms with E-state index >= 15 is 0 Å². The summed E-state index contributed by atoms with van der Waals surface area (Å²) >= 11 is 0. The van der Waals surface area contributed by atoms with Gasteiger partial charge in [0.2, 0.25) is 0 Å². The lowest BCUT2D eigenvalue weighted by Crippen LogP contribution is -2.50. The topological polar surface area (TPSA) is 87.4 Å². The Hall–Kier alpha value is -2.93. The Kier molecular flexibility index (Phi) is 7.79. The van der Waals surface area contributed by atoms with E-state index in [4.69, 9.17) is 4.74 Å². The molecule has 4 heterocycles. The molecule has 9 nitrogen and oxygen atoms in total. The summed E-state index contributed by atoms with van der Waals surface area (Å²) in [5.74, 6) is 0.808. The summed E-state index contributed by atoms with van der Waals surface area (Å²) in [6.45, 7) is 6.23. The van der Waals surface area contributed by atoms with Crippen LogP contribution in [0.2, 0.25) is 0 Å². The molecule has 1 unspecified atom stereocenters. The van der Waals surface area contributed by atoms with Crippen LogP contribution in [0.1, 0.15) is 12.8 Å². The second-order valence-corrected chi connectivity index (χ2v) is 9.46. The first-order valence-corrected chi connectivity index (χ1v) is 12.5. The lowest BCUT2D eigenvalue weighted by Gasteiger charge is -2.38. The number of alkyl halides is 3. The monoisotopic (exact) mass is 520 g/mol. The van der Waals surface area contributed by atoms with Crippen molar-refractivity contribution in [2.24, 2.45) is 5.92 Å². The fourth-order valence-electron chi connectivity index (χ4n) is 4.85. The molecule has 2 saturated heterocycles. The highest BCUT2D eigenvalue weighted by atomic mass is 19.4. The summed E-state index contributed by atoms with van der Waals surface area (Å²) in [6, 6.07) is 9.43. The highest BCUT2D eigenvalue weighted by Gasteiger charge is 2.31. The van der Waals surface area contributed by atoms with Gasteiger partial charge in [0, 0.05) is 44.8 Å². The van der Waals surface area contributed by atoms with Gasteiger partial charge >= 0.3 is 6.36 Å².